The van der Waals surface area contributed by atoms with Crippen molar-refractivity contribution in [2.24, 2.45) is 11.3 Å². The maximum absolute atomic E-state index is 3.40. The first-order chi connectivity index (χ1) is 8.59. The number of hydrogen-bond acceptors (Lipinski definition) is 2. The lowest BCUT2D eigenvalue weighted by molar-refractivity contribution is 0.0134. The molecule has 2 heteroatoms. The molecule has 0 spiro atoms. The van der Waals surface area contributed by atoms with Crippen molar-refractivity contribution in [2.75, 3.05) is 20.1 Å². The summed E-state index contributed by atoms with van der Waals surface area (Å²) in [7, 11) is 2.10. The zero-order valence-electron chi connectivity index (χ0n) is 12.8. The lowest BCUT2D eigenvalue weighted by Crippen LogP contribution is -2.55. The summed E-state index contributed by atoms with van der Waals surface area (Å²) < 4.78 is 0. The molecule has 1 N–H and O–H groups in total. The Balaban J connectivity index is 1.77. The summed E-state index contributed by atoms with van der Waals surface area (Å²) in [4.78, 5) is 2.76. The third kappa shape index (κ3) is 2.91. The fourth-order valence-corrected chi connectivity index (χ4v) is 3.80. The van der Waals surface area contributed by atoms with Crippen molar-refractivity contribution < 1.29 is 0 Å². The van der Waals surface area contributed by atoms with Gasteiger partial charge in [-0.15, -0.1) is 0 Å². The maximum atomic E-state index is 3.40. The van der Waals surface area contributed by atoms with E-state index >= 15 is 0 Å². The van der Waals surface area contributed by atoms with Crippen LogP contribution in [0.3, 0.4) is 0 Å². The normalized spacial score (nSPS) is 34.0. The van der Waals surface area contributed by atoms with Gasteiger partial charge in [0.2, 0.25) is 0 Å². The number of nitrogens with zero attached hydrogens (tertiary/aromatic N) is 1. The van der Waals surface area contributed by atoms with Gasteiger partial charge in [-0.05, 0) is 57.2 Å². The Labute approximate surface area is 114 Å². The Morgan fingerprint density at radius 3 is 2.39 bits per heavy atom. The molecule has 2 rings (SSSR count). The molecule has 18 heavy (non-hydrogen) atoms. The van der Waals surface area contributed by atoms with Gasteiger partial charge in [0.05, 0.1) is 0 Å². The van der Waals surface area contributed by atoms with E-state index in [4.69, 9.17) is 0 Å². The molecule has 0 aromatic heterocycles. The SMILES string of the molecule is CCCC(C)C1(C)CCN(C2CC(NC)C2)CC1. The second-order valence-corrected chi connectivity index (χ2v) is 6.99. The summed E-state index contributed by atoms with van der Waals surface area (Å²) in [6, 6.07) is 1.68. The van der Waals surface area contributed by atoms with Crippen LogP contribution in [-0.2, 0) is 0 Å². The largest absolute Gasteiger partial charge is 0.317 e. The van der Waals surface area contributed by atoms with Gasteiger partial charge < -0.3 is 10.2 Å². The Morgan fingerprint density at radius 1 is 1.28 bits per heavy atom. The maximum Gasteiger partial charge on any atom is 0.0125 e. The van der Waals surface area contributed by atoms with Crippen molar-refractivity contribution in [3.8, 4) is 0 Å². The highest BCUT2D eigenvalue weighted by Crippen LogP contribution is 2.42. The second-order valence-electron chi connectivity index (χ2n) is 6.99. The van der Waals surface area contributed by atoms with Gasteiger partial charge in [0, 0.05) is 12.1 Å². The molecule has 1 heterocycles. The Hall–Kier alpha value is -0.0800. The molecule has 2 nitrogen and oxygen atoms in total. The Kier molecular flexibility index (Phi) is 4.71. The van der Waals surface area contributed by atoms with Crippen molar-refractivity contribution in [1.82, 2.24) is 10.2 Å². The third-order valence-electron chi connectivity index (χ3n) is 5.89. The third-order valence-corrected chi connectivity index (χ3v) is 5.89. The van der Waals surface area contributed by atoms with Crippen LogP contribution in [0.15, 0.2) is 0 Å². The molecule has 2 fully saturated rings. The predicted molar refractivity (Wildman–Crippen MR) is 78.9 cm³/mol. The predicted octanol–water partition coefficient (Wildman–Crippen LogP) is 3.28. The standard InChI is InChI=1S/C16H32N2/c1-5-6-13(2)16(3)7-9-18(10-8-16)15-11-14(12-15)17-4/h13-15,17H,5-12H2,1-4H3. The van der Waals surface area contributed by atoms with E-state index in [-0.39, 0.29) is 0 Å². The van der Waals surface area contributed by atoms with E-state index in [0.717, 1.165) is 18.0 Å². The van der Waals surface area contributed by atoms with Crippen LogP contribution in [0.5, 0.6) is 0 Å². The van der Waals surface area contributed by atoms with Crippen molar-refractivity contribution in [1.29, 1.82) is 0 Å². The Bertz CT molecular complexity index is 250. The molecule has 0 aromatic rings. The van der Waals surface area contributed by atoms with E-state index < -0.39 is 0 Å². The summed E-state index contributed by atoms with van der Waals surface area (Å²) >= 11 is 0. The highest BCUT2D eigenvalue weighted by Gasteiger charge is 2.39. The summed E-state index contributed by atoms with van der Waals surface area (Å²) in [5.41, 5.74) is 0.610. The fourth-order valence-electron chi connectivity index (χ4n) is 3.80. The molecule has 0 radical (unpaired) electrons. The van der Waals surface area contributed by atoms with Crippen LogP contribution < -0.4 is 5.32 Å². The van der Waals surface area contributed by atoms with E-state index in [1.807, 2.05) is 0 Å². The van der Waals surface area contributed by atoms with Crippen LogP contribution >= 0.6 is 0 Å². The Morgan fingerprint density at radius 2 is 1.89 bits per heavy atom. The van der Waals surface area contributed by atoms with E-state index in [1.165, 1.54) is 51.6 Å². The monoisotopic (exact) mass is 252 g/mol. The highest BCUT2D eigenvalue weighted by atomic mass is 15.2. The molecular formula is C16H32N2. The lowest BCUT2D eigenvalue weighted by Gasteiger charge is -2.49. The van der Waals surface area contributed by atoms with Crippen molar-refractivity contribution in [2.45, 2.75) is 71.4 Å². The molecule has 106 valence electrons. The van der Waals surface area contributed by atoms with Crippen LogP contribution in [-0.4, -0.2) is 37.1 Å². The number of nitrogens with one attached hydrogen (secondary N) is 1. The van der Waals surface area contributed by atoms with Gasteiger partial charge in [0.15, 0.2) is 0 Å². The number of piperidine rings is 1. The van der Waals surface area contributed by atoms with Crippen LogP contribution in [0.1, 0.15) is 59.3 Å². The zero-order valence-corrected chi connectivity index (χ0v) is 12.8. The van der Waals surface area contributed by atoms with Crippen molar-refractivity contribution >= 4 is 0 Å². The number of likely N-dealkylation sites (tertiary alicyclic amines) is 1. The van der Waals surface area contributed by atoms with Gasteiger partial charge in [0.25, 0.3) is 0 Å². The summed E-state index contributed by atoms with van der Waals surface area (Å²) in [5, 5.41) is 3.40. The second kappa shape index (κ2) is 5.92. The van der Waals surface area contributed by atoms with Gasteiger partial charge >= 0.3 is 0 Å². The quantitative estimate of drug-likeness (QED) is 0.808. The molecule has 1 unspecified atom stereocenters. The van der Waals surface area contributed by atoms with Crippen molar-refractivity contribution in [3.05, 3.63) is 0 Å². The number of hydrogen-bond donors (Lipinski definition) is 1. The molecule has 1 aliphatic heterocycles. The molecule has 1 saturated heterocycles. The smallest absolute Gasteiger partial charge is 0.0125 e. The minimum Gasteiger partial charge on any atom is -0.317 e. The molecule has 0 amide bonds. The minimum absolute atomic E-state index is 0.610. The van der Waals surface area contributed by atoms with E-state index in [2.05, 4.69) is 38.0 Å². The van der Waals surface area contributed by atoms with E-state index in [1.54, 1.807) is 0 Å². The topological polar surface area (TPSA) is 15.3 Å². The highest BCUT2D eigenvalue weighted by molar-refractivity contribution is 4.95. The van der Waals surface area contributed by atoms with Gasteiger partial charge in [0.1, 0.15) is 0 Å². The summed E-state index contributed by atoms with van der Waals surface area (Å²) in [6.07, 6.45) is 8.31. The molecule has 1 saturated carbocycles. The first kappa shape index (κ1) is 14.3. The first-order valence-corrected chi connectivity index (χ1v) is 8.00. The van der Waals surface area contributed by atoms with E-state index in [0.29, 0.717) is 5.41 Å². The number of rotatable bonds is 5. The fraction of sp³-hybridized carbons (Fsp3) is 1.00. The van der Waals surface area contributed by atoms with Gasteiger partial charge in [-0.25, -0.2) is 0 Å². The van der Waals surface area contributed by atoms with Crippen LogP contribution in [0.4, 0.5) is 0 Å². The first-order valence-electron chi connectivity index (χ1n) is 8.00. The van der Waals surface area contributed by atoms with Crippen molar-refractivity contribution in [3.63, 3.8) is 0 Å². The molecule has 0 aromatic carbocycles. The van der Waals surface area contributed by atoms with Crippen LogP contribution in [0.2, 0.25) is 0 Å². The molecule has 2 aliphatic rings. The minimum atomic E-state index is 0.610. The van der Waals surface area contributed by atoms with Crippen LogP contribution in [0.25, 0.3) is 0 Å². The molecule has 1 aliphatic carbocycles. The van der Waals surface area contributed by atoms with Crippen LogP contribution in [0, 0.1) is 11.3 Å². The zero-order chi connectivity index (χ0) is 13.2. The molecule has 0 bridgehead atoms. The average molecular weight is 252 g/mol. The van der Waals surface area contributed by atoms with Gasteiger partial charge in [-0.3, -0.25) is 0 Å². The van der Waals surface area contributed by atoms with Gasteiger partial charge in [-0.1, -0.05) is 33.6 Å². The lowest BCUT2D eigenvalue weighted by atomic mass is 9.69. The van der Waals surface area contributed by atoms with Gasteiger partial charge in [-0.2, -0.15) is 0 Å². The average Bonchev–Trinajstić information content (AvgIpc) is 2.31. The molecular weight excluding hydrogens is 220 g/mol. The summed E-state index contributed by atoms with van der Waals surface area (Å²) in [6.45, 7) is 10.00. The summed E-state index contributed by atoms with van der Waals surface area (Å²) in [5.74, 6) is 0.899. The van der Waals surface area contributed by atoms with E-state index in [9.17, 15) is 0 Å². The molecule has 1 atom stereocenters.